The lowest BCUT2D eigenvalue weighted by Crippen LogP contribution is -2.20. The van der Waals surface area contributed by atoms with Crippen LogP contribution < -0.4 is 10.5 Å². The summed E-state index contributed by atoms with van der Waals surface area (Å²) < 4.78 is 10.8. The highest BCUT2D eigenvalue weighted by atomic mass is 35.5. The van der Waals surface area contributed by atoms with Crippen LogP contribution in [0.25, 0.3) is 0 Å². The molecule has 0 aromatic heterocycles. The van der Waals surface area contributed by atoms with E-state index in [1.165, 1.54) is 0 Å². The first-order chi connectivity index (χ1) is 8.13. The molecule has 2 N–H and O–H groups in total. The van der Waals surface area contributed by atoms with Gasteiger partial charge in [0.15, 0.2) is 0 Å². The van der Waals surface area contributed by atoms with E-state index in [2.05, 4.69) is 4.99 Å². The van der Waals surface area contributed by atoms with Gasteiger partial charge in [0.25, 0.3) is 6.02 Å². The number of aliphatic imine (C=N–C) groups is 1. The van der Waals surface area contributed by atoms with Crippen molar-refractivity contribution >= 4 is 17.6 Å². The van der Waals surface area contributed by atoms with Gasteiger partial charge in [-0.25, -0.2) is 4.99 Å². The van der Waals surface area contributed by atoms with Crippen LogP contribution in [0.15, 0.2) is 29.3 Å². The first-order valence-corrected chi connectivity index (χ1v) is 5.89. The molecule has 4 nitrogen and oxygen atoms in total. The Balaban J connectivity index is 1.87. The summed E-state index contributed by atoms with van der Waals surface area (Å²) in [5.74, 6) is 0.765. The maximum atomic E-state index is 5.88. The first kappa shape index (κ1) is 12.0. The van der Waals surface area contributed by atoms with Gasteiger partial charge >= 0.3 is 0 Å². The number of benzene rings is 1. The second-order valence-electron chi connectivity index (χ2n) is 4.05. The number of nitrogens with two attached hydrogens (primary N) is 1. The largest absolute Gasteiger partial charge is 0.491 e. The van der Waals surface area contributed by atoms with E-state index in [-0.39, 0.29) is 18.2 Å². The molecule has 2 atom stereocenters. The number of halogens is 1. The quantitative estimate of drug-likeness (QED) is 0.896. The third kappa shape index (κ3) is 3.53. The van der Waals surface area contributed by atoms with E-state index in [1.54, 1.807) is 6.07 Å². The van der Waals surface area contributed by atoms with Gasteiger partial charge < -0.3 is 15.2 Å². The minimum absolute atomic E-state index is 0.0386. The topological polar surface area (TPSA) is 56.8 Å². The zero-order chi connectivity index (χ0) is 12.3. The number of ether oxygens (including phenoxy) is 2. The summed E-state index contributed by atoms with van der Waals surface area (Å²) in [4.78, 5) is 4.15. The van der Waals surface area contributed by atoms with E-state index in [0.717, 1.165) is 12.2 Å². The number of rotatable bonds is 4. The van der Waals surface area contributed by atoms with E-state index in [0.29, 0.717) is 11.6 Å². The van der Waals surface area contributed by atoms with Crippen LogP contribution in [-0.4, -0.2) is 24.8 Å². The molecule has 0 fully saturated rings. The van der Waals surface area contributed by atoms with E-state index in [9.17, 15) is 0 Å². The van der Waals surface area contributed by atoms with E-state index in [4.69, 9.17) is 26.8 Å². The fourth-order valence-electron chi connectivity index (χ4n) is 1.76. The SMILES string of the molecule is C[C@@H](C[C@H]1COC(N)=N1)Oc1cccc(Cl)c1. The molecule has 1 aromatic rings. The van der Waals surface area contributed by atoms with Crippen molar-refractivity contribution in [3.63, 3.8) is 0 Å². The van der Waals surface area contributed by atoms with Crippen molar-refractivity contribution in [2.45, 2.75) is 25.5 Å². The van der Waals surface area contributed by atoms with Gasteiger partial charge in [-0.1, -0.05) is 17.7 Å². The van der Waals surface area contributed by atoms with Crippen LogP contribution >= 0.6 is 11.6 Å². The number of hydrogen-bond acceptors (Lipinski definition) is 4. The fraction of sp³-hybridized carbons (Fsp3) is 0.417. The molecule has 0 spiro atoms. The summed E-state index contributed by atoms with van der Waals surface area (Å²) in [6.45, 7) is 2.53. The zero-order valence-electron chi connectivity index (χ0n) is 9.60. The van der Waals surface area contributed by atoms with Crippen LogP contribution in [0, 0.1) is 0 Å². The van der Waals surface area contributed by atoms with E-state index in [1.807, 2.05) is 25.1 Å². The minimum Gasteiger partial charge on any atom is -0.491 e. The molecule has 0 radical (unpaired) electrons. The molecule has 0 saturated carbocycles. The summed E-state index contributed by atoms with van der Waals surface area (Å²) in [5.41, 5.74) is 5.44. The highest BCUT2D eigenvalue weighted by Gasteiger charge is 2.20. The van der Waals surface area contributed by atoms with Crippen molar-refractivity contribution in [3.8, 4) is 5.75 Å². The van der Waals surface area contributed by atoms with Gasteiger partial charge in [-0.2, -0.15) is 0 Å². The molecular weight excluding hydrogens is 240 g/mol. The Labute approximate surface area is 105 Å². The minimum atomic E-state index is 0.0386. The van der Waals surface area contributed by atoms with Gasteiger partial charge in [0.05, 0.1) is 12.1 Å². The van der Waals surface area contributed by atoms with Gasteiger partial charge in [-0.05, 0) is 25.1 Å². The monoisotopic (exact) mass is 254 g/mol. The Kier molecular flexibility index (Phi) is 3.74. The molecular formula is C12H15ClN2O2. The predicted molar refractivity (Wildman–Crippen MR) is 67.5 cm³/mol. The maximum absolute atomic E-state index is 5.88. The van der Waals surface area contributed by atoms with Gasteiger partial charge in [-0.3, -0.25) is 0 Å². The smallest absolute Gasteiger partial charge is 0.282 e. The third-order valence-corrected chi connectivity index (χ3v) is 2.71. The van der Waals surface area contributed by atoms with Crippen LogP contribution in [0.3, 0.4) is 0 Å². The predicted octanol–water partition coefficient (Wildman–Crippen LogP) is 2.21. The lowest BCUT2D eigenvalue weighted by Gasteiger charge is -2.16. The van der Waals surface area contributed by atoms with Gasteiger partial charge in [0.2, 0.25) is 0 Å². The Hall–Kier alpha value is -1.42. The standard InChI is InChI=1S/C12H15ClN2O2/c1-8(5-10-7-16-12(14)15-10)17-11-4-2-3-9(13)6-11/h2-4,6,8,10H,5,7H2,1H3,(H2,14,15)/t8-,10-/m0/s1. The highest BCUT2D eigenvalue weighted by molar-refractivity contribution is 6.30. The molecule has 92 valence electrons. The molecule has 1 heterocycles. The average molecular weight is 255 g/mol. The lowest BCUT2D eigenvalue weighted by molar-refractivity contribution is 0.189. The summed E-state index contributed by atoms with van der Waals surface area (Å²) in [7, 11) is 0. The molecule has 5 heteroatoms. The number of amidine groups is 1. The third-order valence-electron chi connectivity index (χ3n) is 2.47. The van der Waals surface area contributed by atoms with Crippen LogP contribution in [0.2, 0.25) is 5.02 Å². The van der Waals surface area contributed by atoms with Gasteiger partial charge in [-0.15, -0.1) is 0 Å². The zero-order valence-corrected chi connectivity index (χ0v) is 10.4. The molecule has 17 heavy (non-hydrogen) atoms. The molecule has 1 aromatic carbocycles. The van der Waals surface area contributed by atoms with E-state index < -0.39 is 0 Å². The Morgan fingerprint density at radius 3 is 3.12 bits per heavy atom. The summed E-state index contributed by atoms with van der Waals surface area (Å²) in [5, 5.41) is 0.668. The molecule has 0 bridgehead atoms. The summed E-state index contributed by atoms with van der Waals surface area (Å²) in [6, 6.07) is 7.70. The second-order valence-corrected chi connectivity index (χ2v) is 4.49. The van der Waals surface area contributed by atoms with Crippen molar-refractivity contribution < 1.29 is 9.47 Å². The number of hydrogen-bond donors (Lipinski definition) is 1. The maximum Gasteiger partial charge on any atom is 0.282 e. The molecule has 1 aliphatic rings. The van der Waals surface area contributed by atoms with Crippen LogP contribution in [0.4, 0.5) is 0 Å². The molecule has 1 aliphatic heterocycles. The molecule has 0 amide bonds. The van der Waals surface area contributed by atoms with Crippen molar-refractivity contribution in [1.82, 2.24) is 0 Å². The van der Waals surface area contributed by atoms with Crippen LogP contribution in [0.1, 0.15) is 13.3 Å². The summed E-state index contributed by atoms with van der Waals surface area (Å²) >= 11 is 5.88. The van der Waals surface area contributed by atoms with Crippen LogP contribution in [-0.2, 0) is 4.74 Å². The highest BCUT2D eigenvalue weighted by Crippen LogP contribution is 2.20. The summed E-state index contributed by atoms with van der Waals surface area (Å²) in [6.07, 6.45) is 0.810. The van der Waals surface area contributed by atoms with Crippen molar-refractivity contribution in [1.29, 1.82) is 0 Å². The second kappa shape index (κ2) is 5.27. The molecule has 0 aliphatic carbocycles. The Morgan fingerprint density at radius 1 is 1.65 bits per heavy atom. The number of nitrogens with zero attached hydrogens (tertiary/aromatic N) is 1. The Bertz CT molecular complexity index is 423. The van der Waals surface area contributed by atoms with Gasteiger partial charge in [0, 0.05) is 11.4 Å². The lowest BCUT2D eigenvalue weighted by atomic mass is 10.1. The molecule has 2 rings (SSSR count). The van der Waals surface area contributed by atoms with E-state index >= 15 is 0 Å². The fourth-order valence-corrected chi connectivity index (χ4v) is 1.94. The Morgan fingerprint density at radius 2 is 2.47 bits per heavy atom. The van der Waals surface area contributed by atoms with Crippen molar-refractivity contribution in [2.24, 2.45) is 10.7 Å². The average Bonchev–Trinajstić information content (AvgIpc) is 2.63. The normalized spacial score (nSPS) is 20.6. The molecule has 0 unspecified atom stereocenters. The first-order valence-electron chi connectivity index (χ1n) is 5.52. The van der Waals surface area contributed by atoms with Crippen molar-refractivity contribution in [2.75, 3.05) is 6.61 Å². The van der Waals surface area contributed by atoms with Crippen LogP contribution in [0.5, 0.6) is 5.75 Å². The van der Waals surface area contributed by atoms with Crippen molar-refractivity contribution in [3.05, 3.63) is 29.3 Å². The molecule has 0 saturated heterocycles. The van der Waals surface area contributed by atoms with Gasteiger partial charge in [0.1, 0.15) is 12.4 Å².